The van der Waals surface area contributed by atoms with Crippen LogP contribution >= 0.6 is 11.6 Å². The number of hydrogen-bond acceptors (Lipinski definition) is 3. The first-order chi connectivity index (χ1) is 10.5. The first-order valence-electron chi connectivity index (χ1n) is 6.92. The van der Waals surface area contributed by atoms with Crippen LogP contribution in [0.2, 0.25) is 5.02 Å². The normalized spacial score (nSPS) is 13.0. The monoisotopic (exact) mass is 339 g/mol. The van der Waals surface area contributed by atoms with Crippen LogP contribution in [0.3, 0.4) is 0 Å². The fourth-order valence-corrected chi connectivity index (χ4v) is 3.35. The molecule has 0 aromatic heterocycles. The van der Waals surface area contributed by atoms with E-state index >= 15 is 0 Å². The maximum absolute atomic E-state index is 12.0. The van der Waals surface area contributed by atoms with Gasteiger partial charge in [-0.25, -0.2) is 13.1 Å². The van der Waals surface area contributed by atoms with E-state index in [0.29, 0.717) is 17.0 Å². The smallest absolute Gasteiger partial charge is 0.212 e. The number of aliphatic hydroxyl groups is 1. The van der Waals surface area contributed by atoms with E-state index in [1.807, 2.05) is 30.3 Å². The fraction of sp³-hybridized carbons (Fsp3) is 0.250. The lowest BCUT2D eigenvalue weighted by molar-refractivity contribution is 0.182. The SMILES string of the molecule is O=S(=O)(CCc1ccccc1)NCC(O)c1ccccc1Cl. The zero-order valence-corrected chi connectivity index (χ0v) is 13.5. The molecule has 0 radical (unpaired) electrons. The van der Waals surface area contributed by atoms with Crippen molar-refractivity contribution >= 4 is 21.6 Å². The Morgan fingerprint density at radius 2 is 1.68 bits per heavy atom. The van der Waals surface area contributed by atoms with Gasteiger partial charge in [0.25, 0.3) is 0 Å². The average molecular weight is 340 g/mol. The van der Waals surface area contributed by atoms with Crippen molar-refractivity contribution in [1.82, 2.24) is 4.72 Å². The van der Waals surface area contributed by atoms with Crippen LogP contribution in [0.25, 0.3) is 0 Å². The summed E-state index contributed by atoms with van der Waals surface area (Å²) in [4.78, 5) is 0. The summed E-state index contributed by atoms with van der Waals surface area (Å²) >= 11 is 5.97. The molecule has 1 atom stereocenters. The van der Waals surface area contributed by atoms with E-state index in [1.165, 1.54) is 0 Å². The largest absolute Gasteiger partial charge is 0.387 e. The van der Waals surface area contributed by atoms with Crippen molar-refractivity contribution in [3.8, 4) is 0 Å². The van der Waals surface area contributed by atoms with Crippen LogP contribution in [0.4, 0.5) is 0 Å². The Kier molecular flexibility index (Phi) is 5.97. The highest BCUT2D eigenvalue weighted by molar-refractivity contribution is 7.89. The van der Waals surface area contributed by atoms with Crippen LogP contribution in [0.15, 0.2) is 54.6 Å². The van der Waals surface area contributed by atoms with E-state index in [1.54, 1.807) is 24.3 Å². The van der Waals surface area contributed by atoms with Gasteiger partial charge in [-0.1, -0.05) is 60.1 Å². The number of benzene rings is 2. The summed E-state index contributed by atoms with van der Waals surface area (Å²) in [6, 6.07) is 16.2. The summed E-state index contributed by atoms with van der Waals surface area (Å²) in [5, 5.41) is 10.5. The highest BCUT2D eigenvalue weighted by atomic mass is 35.5. The van der Waals surface area contributed by atoms with Gasteiger partial charge < -0.3 is 5.11 Å². The minimum atomic E-state index is -3.45. The number of nitrogens with one attached hydrogen (secondary N) is 1. The van der Waals surface area contributed by atoms with Gasteiger partial charge in [-0.3, -0.25) is 0 Å². The van der Waals surface area contributed by atoms with Crippen LogP contribution in [-0.4, -0.2) is 25.8 Å². The van der Waals surface area contributed by atoms with Gasteiger partial charge in [0.1, 0.15) is 0 Å². The lowest BCUT2D eigenvalue weighted by atomic mass is 10.1. The van der Waals surface area contributed by atoms with Gasteiger partial charge in [0.2, 0.25) is 10.0 Å². The molecule has 2 N–H and O–H groups in total. The molecule has 0 amide bonds. The zero-order valence-electron chi connectivity index (χ0n) is 11.9. The molecule has 0 bridgehead atoms. The summed E-state index contributed by atoms with van der Waals surface area (Å²) in [7, 11) is -3.45. The Hall–Kier alpha value is -1.40. The number of aryl methyl sites for hydroxylation is 1. The van der Waals surface area contributed by atoms with Crippen molar-refractivity contribution in [3.63, 3.8) is 0 Å². The quantitative estimate of drug-likeness (QED) is 0.814. The Morgan fingerprint density at radius 3 is 2.36 bits per heavy atom. The predicted molar refractivity (Wildman–Crippen MR) is 88.3 cm³/mol. The molecular formula is C16H18ClNO3S. The molecule has 6 heteroatoms. The topological polar surface area (TPSA) is 66.4 Å². The van der Waals surface area contributed by atoms with Crippen molar-refractivity contribution in [2.45, 2.75) is 12.5 Å². The van der Waals surface area contributed by atoms with Crippen molar-refractivity contribution in [1.29, 1.82) is 0 Å². The fourth-order valence-electron chi connectivity index (χ4n) is 2.03. The van der Waals surface area contributed by atoms with Crippen LogP contribution < -0.4 is 4.72 Å². The number of halogens is 1. The van der Waals surface area contributed by atoms with Gasteiger partial charge in [0.15, 0.2) is 0 Å². The molecule has 2 aromatic rings. The van der Waals surface area contributed by atoms with E-state index in [-0.39, 0.29) is 12.3 Å². The van der Waals surface area contributed by atoms with Gasteiger partial charge >= 0.3 is 0 Å². The molecule has 118 valence electrons. The molecule has 4 nitrogen and oxygen atoms in total. The Bertz CT molecular complexity index is 704. The predicted octanol–water partition coefficient (Wildman–Crippen LogP) is 2.54. The second-order valence-electron chi connectivity index (χ2n) is 4.94. The molecule has 2 aromatic carbocycles. The Labute approximate surface area is 135 Å². The van der Waals surface area contributed by atoms with E-state index in [9.17, 15) is 13.5 Å². The molecule has 0 aliphatic rings. The standard InChI is InChI=1S/C16H18ClNO3S/c17-15-9-5-4-8-14(15)16(19)12-18-22(20,21)11-10-13-6-2-1-3-7-13/h1-9,16,18-19H,10-12H2. The lowest BCUT2D eigenvalue weighted by Crippen LogP contribution is -2.31. The van der Waals surface area contributed by atoms with E-state index in [2.05, 4.69) is 4.72 Å². The maximum Gasteiger partial charge on any atom is 0.212 e. The lowest BCUT2D eigenvalue weighted by Gasteiger charge is -2.14. The van der Waals surface area contributed by atoms with Crippen molar-refractivity contribution in [2.75, 3.05) is 12.3 Å². The Balaban J connectivity index is 1.88. The molecule has 0 aliphatic carbocycles. The third kappa shape index (κ3) is 5.10. The van der Waals surface area contributed by atoms with E-state index < -0.39 is 16.1 Å². The second kappa shape index (κ2) is 7.74. The summed E-state index contributed by atoms with van der Waals surface area (Å²) in [5.41, 5.74) is 1.47. The molecular weight excluding hydrogens is 322 g/mol. The van der Waals surface area contributed by atoms with Crippen LogP contribution in [-0.2, 0) is 16.4 Å². The van der Waals surface area contributed by atoms with Crippen molar-refractivity contribution in [2.24, 2.45) is 0 Å². The highest BCUT2D eigenvalue weighted by Gasteiger charge is 2.16. The van der Waals surface area contributed by atoms with Crippen LogP contribution in [0.5, 0.6) is 0 Å². The number of aliphatic hydroxyl groups excluding tert-OH is 1. The number of hydrogen-bond donors (Lipinski definition) is 2. The maximum atomic E-state index is 12.0. The molecule has 2 rings (SSSR count). The third-order valence-corrected chi connectivity index (χ3v) is 4.96. The van der Waals surface area contributed by atoms with Crippen LogP contribution in [0.1, 0.15) is 17.2 Å². The second-order valence-corrected chi connectivity index (χ2v) is 7.27. The van der Waals surface area contributed by atoms with Crippen molar-refractivity contribution in [3.05, 3.63) is 70.7 Å². The molecule has 22 heavy (non-hydrogen) atoms. The summed E-state index contributed by atoms with van der Waals surface area (Å²) in [5.74, 6) is -0.0216. The molecule has 1 unspecified atom stereocenters. The van der Waals surface area contributed by atoms with E-state index in [4.69, 9.17) is 11.6 Å². The minimum Gasteiger partial charge on any atom is -0.387 e. The number of sulfonamides is 1. The van der Waals surface area contributed by atoms with Gasteiger partial charge in [0, 0.05) is 17.1 Å². The molecule has 0 saturated carbocycles. The summed E-state index contributed by atoms with van der Waals surface area (Å²) in [6.45, 7) is -0.0964. The molecule has 0 spiro atoms. The van der Waals surface area contributed by atoms with Crippen molar-refractivity contribution < 1.29 is 13.5 Å². The average Bonchev–Trinajstić information content (AvgIpc) is 2.52. The Morgan fingerprint density at radius 1 is 1.05 bits per heavy atom. The molecule has 0 fully saturated rings. The molecule has 0 heterocycles. The third-order valence-electron chi connectivity index (χ3n) is 3.26. The van der Waals surface area contributed by atoms with E-state index in [0.717, 1.165) is 5.56 Å². The van der Waals surface area contributed by atoms with Crippen LogP contribution in [0, 0.1) is 0 Å². The van der Waals surface area contributed by atoms with Gasteiger partial charge in [0.05, 0.1) is 11.9 Å². The zero-order chi connectivity index (χ0) is 16.0. The molecule has 0 aliphatic heterocycles. The highest BCUT2D eigenvalue weighted by Crippen LogP contribution is 2.21. The summed E-state index contributed by atoms with van der Waals surface area (Å²) in [6.07, 6.45) is -0.543. The number of rotatable bonds is 7. The first kappa shape index (κ1) is 17.0. The van der Waals surface area contributed by atoms with Gasteiger partial charge in [-0.2, -0.15) is 0 Å². The minimum absolute atomic E-state index is 0.0216. The van der Waals surface area contributed by atoms with Gasteiger partial charge in [-0.15, -0.1) is 0 Å². The molecule has 0 saturated heterocycles. The first-order valence-corrected chi connectivity index (χ1v) is 8.95. The van der Waals surface area contributed by atoms with Gasteiger partial charge in [-0.05, 0) is 18.1 Å². The summed E-state index contributed by atoms with van der Waals surface area (Å²) < 4.78 is 26.4.